The van der Waals surface area contributed by atoms with E-state index in [2.05, 4.69) is 5.32 Å². The van der Waals surface area contributed by atoms with Crippen LogP contribution in [0.5, 0.6) is 0 Å². The van der Waals surface area contributed by atoms with E-state index in [-0.39, 0.29) is 10.9 Å². The highest BCUT2D eigenvalue weighted by atomic mass is 35.5. The van der Waals surface area contributed by atoms with Gasteiger partial charge in [0.25, 0.3) is 0 Å². The maximum Gasteiger partial charge on any atom is 0.188 e. The van der Waals surface area contributed by atoms with Gasteiger partial charge in [-0.05, 0) is 32.0 Å². The van der Waals surface area contributed by atoms with Crippen molar-refractivity contribution in [3.63, 3.8) is 0 Å². The summed E-state index contributed by atoms with van der Waals surface area (Å²) in [6.07, 6.45) is 0. The molecule has 0 radical (unpaired) electrons. The Morgan fingerprint density at radius 2 is 2.14 bits per heavy atom. The van der Waals surface area contributed by atoms with E-state index in [0.717, 1.165) is 5.69 Å². The Morgan fingerprint density at radius 3 is 2.64 bits per heavy atom. The van der Waals surface area contributed by atoms with Crippen molar-refractivity contribution in [3.05, 3.63) is 23.2 Å². The summed E-state index contributed by atoms with van der Waals surface area (Å²) in [6.45, 7) is 3.98. The standard InChI is InChI=1S/C9H12ClNO2S/c1-6(2)11-7-3-4-8(10)9(5-7)14(12)13/h3-6,11H,1-2H3,(H,12,13). The monoisotopic (exact) mass is 233 g/mol. The first-order valence-corrected chi connectivity index (χ1v) is 5.66. The van der Waals surface area contributed by atoms with Crippen LogP contribution in [0.25, 0.3) is 0 Å². The molecule has 0 saturated carbocycles. The third-order valence-corrected chi connectivity index (χ3v) is 2.73. The molecule has 1 aromatic rings. The Morgan fingerprint density at radius 1 is 1.50 bits per heavy atom. The number of anilines is 1. The van der Waals surface area contributed by atoms with Crippen molar-refractivity contribution in [3.8, 4) is 0 Å². The van der Waals surface area contributed by atoms with E-state index in [0.29, 0.717) is 5.02 Å². The molecule has 1 rings (SSSR count). The van der Waals surface area contributed by atoms with Gasteiger partial charge < -0.3 is 9.87 Å². The predicted octanol–water partition coefficient (Wildman–Crippen LogP) is 2.74. The average molecular weight is 234 g/mol. The minimum absolute atomic E-state index is 0.234. The number of rotatable bonds is 3. The quantitative estimate of drug-likeness (QED) is 0.790. The van der Waals surface area contributed by atoms with Crippen molar-refractivity contribution < 1.29 is 8.76 Å². The van der Waals surface area contributed by atoms with E-state index in [1.807, 2.05) is 13.8 Å². The molecule has 3 nitrogen and oxygen atoms in total. The van der Waals surface area contributed by atoms with Crippen LogP contribution in [0, 0.1) is 0 Å². The van der Waals surface area contributed by atoms with Crippen molar-refractivity contribution >= 4 is 28.4 Å². The van der Waals surface area contributed by atoms with Gasteiger partial charge in [-0.2, -0.15) is 0 Å². The smallest absolute Gasteiger partial charge is 0.188 e. The number of hydrogen-bond acceptors (Lipinski definition) is 2. The normalized spacial score (nSPS) is 12.9. The lowest BCUT2D eigenvalue weighted by atomic mass is 10.3. The second kappa shape index (κ2) is 4.77. The van der Waals surface area contributed by atoms with Gasteiger partial charge in [-0.3, -0.25) is 0 Å². The summed E-state index contributed by atoms with van der Waals surface area (Å²) in [5.74, 6) is 0. The van der Waals surface area contributed by atoms with Gasteiger partial charge in [0, 0.05) is 11.7 Å². The van der Waals surface area contributed by atoms with Crippen molar-refractivity contribution in [1.82, 2.24) is 0 Å². The molecule has 0 bridgehead atoms. The molecule has 78 valence electrons. The van der Waals surface area contributed by atoms with Crippen molar-refractivity contribution in [2.45, 2.75) is 24.8 Å². The van der Waals surface area contributed by atoms with E-state index in [4.69, 9.17) is 16.2 Å². The van der Waals surface area contributed by atoms with Gasteiger partial charge in [0.2, 0.25) is 0 Å². The lowest BCUT2D eigenvalue weighted by Crippen LogP contribution is -2.09. The second-order valence-corrected chi connectivity index (χ2v) is 4.54. The maximum absolute atomic E-state index is 10.9. The maximum atomic E-state index is 10.9. The Bertz CT molecular complexity index is 355. The molecular weight excluding hydrogens is 222 g/mol. The van der Waals surface area contributed by atoms with Crippen molar-refractivity contribution in [1.29, 1.82) is 0 Å². The topological polar surface area (TPSA) is 49.3 Å². The summed E-state index contributed by atoms with van der Waals surface area (Å²) in [7, 11) is 0. The molecule has 0 heterocycles. The third-order valence-electron chi connectivity index (χ3n) is 1.57. The van der Waals surface area contributed by atoms with Crippen molar-refractivity contribution in [2.75, 3.05) is 5.32 Å². The molecule has 0 aliphatic heterocycles. The number of halogens is 1. The Hall–Kier alpha value is -0.580. The Labute approximate surface area is 90.8 Å². The van der Waals surface area contributed by atoms with Crippen LogP contribution in [0.3, 0.4) is 0 Å². The first-order valence-electron chi connectivity index (χ1n) is 4.17. The molecule has 0 saturated heterocycles. The van der Waals surface area contributed by atoms with Crippen LogP contribution in [0.4, 0.5) is 5.69 Å². The van der Waals surface area contributed by atoms with Crippen LogP contribution in [-0.2, 0) is 11.1 Å². The van der Waals surface area contributed by atoms with Gasteiger partial charge in [0.15, 0.2) is 11.1 Å². The summed E-state index contributed by atoms with van der Waals surface area (Å²) >= 11 is 3.71. The largest absolute Gasteiger partial charge is 0.383 e. The average Bonchev–Trinajstić information content (AvgIpc) is 2.07. The van der Waals surface area contributed by atoms with E-state index in [1.165, 1.54) is 0 Å². The van der Waals surface area contributed by atoms with Gasteiger partial charge in [-0.25, -0.2) is 4.21 Å². The van der Waals surface area contributed by atoms with Crippen LogP contribution in [0.2, 0.25) is 5.02 Å². The number of nitrogens with one attached hydrogen (secondary N) is 1. The van der Waals surface area contributed by atoms with E-state index in [1.54, 1.807) is 18.2 Å². The summed E-state index contributed by atoms with van der Waals surface area (Å²) in [6, 6.07) is 5.24. The predicted molar refractivity (Wildman–Crippen MR) is 59.2 cm³/mol. The van der Waals surface area contributed by atoms with Crippen LogP contribution in [-0.4, -0.2) is 14.8 Å². The third kappa shape index (κ3) is 2.97. The SMILES string of the molecule is CC(C)Nc1ccc(Cl)c(S(=O)O)c1. The molecule has 0 aliphatic rings. The molecule has 0 spiro atoms. The van der Waals surface area contributed by atoms with E-state index < -0.39 is 11.1 Å². The number of hydrogen-bond donors (Lipinski definition) is 2. The molecule has 0 aromatic heterocycles. The van der Waals surface area contributed by atoms with Crippen LogP contribution in [0.15, 0.2) is 23.1 Å². The molecule has 1 unspecified atom stereocenters. The molecule has 2 N–H and O–H groups in total. The zero-order valence-corrected chi connectivity index (χ0v) is 9.52. The highest BCUT2D eigenvalue weighted by Crippen LogP contribution is 2.23. The summed E-state index contributed by atoms with van der Waals surface area (Å²) in [4.78, 5) is 0.234. The molecule has 0 fully saturated rings. The van der Waals surface area contributed by atoms with Gasteiger partial charge in [0.05, 0.1) is 9.92 Å². The molecule has 1 aromatic carbocycles. The molecule has 1 atom stereocenters. The first kappa shape index (κ1) is 11.5. The first-order chi connectivity index (χ1) is 6.50. The highest BCUT2D eigenvalue weighted by molar-refractivity contribution is 7.79. The van der Waals surface area contributed by atoms with Gasteiger partial charge in [0.1, 0.15) is 0 Å². The highest BCUT2D eigenvalue weighted by Gasteiger charge is 2.07. The summed E-state index contributed by atoms with van der Waals surface area (Å²) in [5.41, 5.74) is 0.793. The zero-order chi connectivity index (χ0) is 10.7. The lowest BCUT2D eigenvalue weighted by Gasteiger charge is -2.10. The van der Waals surface area contributed by atoms with Gasteiger partial charge in [-0.15, -0.1) is 0 Å². The van der Waals surface area contributed by atoms with Crippen LogP contribution >= 0.6 is 11.6 Å². The summed E-state index contributed by atoms with van der Waals surface area (Å²) in [5, 5.41) is 3.43. The minimum atomic E-state index is -2.04. The van der Waals surface area contributed by atoms with E-state index >= 15 is 0 Å². The minimum Gasteiger partial charge on any atom is -0.383 e. The Kier molecular flexibility index (Phi) is 3.92. The van der Waals surface area contributed by atoms with Gasteiger partial charge >= 0.3 is 0 Å². The molecular formula is C9H12ClNO2S. The fourth-order valence-corrected chi connectivity index (χ4v) is 1.84. The van der Waals surface area contributed by atoms with Crippen LogP contribution in [0.1, 0.15) is 13.8 Å². The fraction of sp³-hybridized carbons (Fsp3) is 0.333. The molecule has 5 heteroatoms. The zero-order valence-electron chi connectivity index (χ0n) is 7.95. The van der Waals surface area contributed by atoms with Crippen molar-refractivity contribution in [2.24, 2.45) is 0 Å². The lowest BCUT2D eigenvalue weighted by molar-refractivity contribution is 0.564. The summed E-state index contributed by atoms with van der Waals surface area (Å²) < 4.78 is 19.8. The van der Waals surface area contributed by atoms with E-state index in [9.17, 15) is 4.21 Å². The number of benzene rings is 1. The van der Waals surface area contributed by atoms with Crippen LogP contribution < -0.4 is 5.32 Å². The molecule has 0 aliphatic carbocycles. The fourth-order valence-electron chi connectivity index (χ4n) is 1.06. The molecule has 0 amide bonds. The molecule has 14 heavy (non-hydrogen) atoms. The Balaban J connectivity index is 3.00. The second-order valence-electron chi connectivity index (χ2n) is 3.19. The van der Waals surface area contributed by atoms with Gasteiger partial charge in [-0.1, -0.05) is 11.6 Å².